The molecule has 0 spiro atoms. The highest BCUT2D eigenvalue weighted by Crippen LogP contribution is 2.20. The molecule has 5 heteroatoms. The van der Waals surface area contributed by atoms with Gasteiger partial charge in [0.25, 0.3) is 5.91 Å². The Morgan fingerprint density at radius 2 is 1.95 bits per heavy atom. The summed E-state index contributed by atoms with van der Waals surface area (Å²) >= 11 is 5.85. The van der Waals surface area contributed by atoms with E-state index in [0.717, 1.165) is 11.3 Å². The average Bonchev–Trinajstić information content (AvgIpc) is 2.40. The molecule has 1 aromatic carbocycles. The predicted octanol–water partition coefficient (Wildman–Crippen LogP) is 3.29. The van der Waals surface area contributed by atoms with Gasteiger partial charge in [0.1, 0.15) is 11.0 Å². The summed E-state index contributed by atoms with van der Waals surface area (Å²) in [6, 6.07) is 10.8. The molecule has 2 N–H and O–H groups in total. The number of aryl methyl sites for hydroxylation is 1. The fourth-order valence-corrected chi connectivity index (χ4v) is 2.18. The zero-order valence-electron chi connectivity index (χ0n) is 11.4. The van der Waals surface area contributed by atoms with Crippen LogP contribution < -0.4 is 10.6 Å². The summed E-state index contributed by atoms with van der Waals surface area (Å²) in [7, 11) is 0. The van der Waals surface area contributed by atoms with Crippen molar-refractivity contribution in [2.75, 3.05) is 17.2 Å². The summed E-state index contributed by atoms with van der Waals surface area (Å²) in [6.07, 6.45) is 0. The van der Waals surface area contributed by atoms with E-state index in [1.807, 2.05) is 38.1 Å². The van der Waals surface area contributed by atoms with Crippen LogP contribution >= 0.6 is 11.6 Å². The van der Waals surface area contributed by atoms with Gasteiger partial charge in [0.15, 0.2) is 0 Å². The van der Waals surface area contributed by atoms with E-state index in [1.165, 1.54) is 12.1 Å². The number of carbonyl (C=O) groups is 1. The molecule has 0 atom stereocenters. The summed E-state index contributed by atoms with van der Waals surface area (Å²) in [5.41, 5.74) is 8.06. The summed E-state index contributed by atoms with van der Waals surface area (Å²) in [5.74, 6) is 0.0909. The summed E-state index contributed by atoms with van der Waals surface area (Å²) in [5, 5.41) is 0.216. The highest BCUT2D eigenvalue weighted by molar-refractivity contribution is 6.30. The molecule has 0 fully saturated rings. The van der Waals surface area contributed by atoms with Gasteiger partial charge in [0.2, 0.25) is 0 Å². The van der Waals surface area contributed by atoms with Gasteiger partial charge in [-0.25, -0.2) is 4.98 Å². The Bertz CT molecular complexity index is 605. The Labute approximate surface area is 123 Å². The van der Waals surface area contributed by atoms with Gasteiger partial charge in [-0.05, 0) is 38.1 Å². The molecule has 0 bridgehead atoms. The minimum absolute atomic E-state index is 0.146. The van der Waals surface area contributed by atoms with Gasteiger partial charge in [-0.15, -0.1) is 0 Å². The number of aromatic nitrogens is 1. The van der Waals surface area contributed by atoms with Crippen molar-refractivity contribution in [3.8, 4) is 0 Å². The molecule has 104 valence electrons. The predicted molar refractivity (Wildman–Crippen MR) is 82.2 cm³/mol. The maximum absolute atomic E-state index is 12.5. The molecule has 0 radical (unpaired) electrons. The third-order valence-corrected chi connectivity index (χ3v) is 3.16. The van der Waals surface area contributed by atoms with Crippen LogP contribution in [-0.4, -0.2) is 17.4 Å². The first-order valence-corrected chi connectivity index (χ1v) is 6.70. The van der Waals surface area contributed by atoms with E-state index in [-0.39, 0.29) is 16.9 Å². The van der Waals surface area contributed by atoms with Crippen molar-refractivity contribution in [3.05, 3.63) is 52.7 Å². The molecule has 0 aliphatic heterocycles. The minimum Gasteiger partial charge on any atom is -0.384 e. The van der Waals surface area contributed by atoms with Crippen LogP contribution in [0.5, 0.6) is 0 Å². The Kier molecular flexibility index (Phi) is 4.25. The molecule has 0 unspecified atom stereocenters. The topological polar surface area (TPSA) is 59.2 Å². The van der Waals surface area contributed by atoms with Crippen molar-refractivity contribution < 1.29 is 4.79 Å². The lowest BCUT2D eigenvalue weighted by atomic mass is 10.1. The number of nitrogen functional groups attached to an aromatic ring is 1. The van der Waals surface area contributed by atoms with Gasteiger partial charge in [0, 0.05) is 17.8 Å². The number of benzene rings is 1. The molecule has 0 saturated carbocycles. The number of pyridine rings is 1. The molecule has 0 saturated heterocycles. The number of amides is 1. The second-order valence-electron chi connectivity index (χ2n) is 4.49. The molecule has 4 nitrogen and oxygen atoms in total. The molecular weight excluding hydrogens is 274 g/mol. The van der Waals surface area contributed by atoms with E-state index in [4.69, 9.17) is 17.3 Å². The van der Waals surface area contributed by atoms with E-state index in [0.29, 0.717) is 12.1 Å². The molecule has 1 amide bonds. The van der Waals surface area contributed by atoms with E-state index in [9.17, 15) is 4.79 Å². The van der Waals surface area contributed by atoms with Crippen LogP contribution in [0.15, 0.2) is 36.4 Å². The lowest BCUT2D eigenvalue weighted by Crippen LogP contribution is -2.30. The van der Waals surface area contributed by atoms with E-state index in [2.05, 4.69) is 4.98 Å². The Hall–Kier alpha value is -2.07. The smallest absolute Gasteiger partial charge is 0.258 e. The monoisotopic (exact) mass is 289 g/mol. The zero-order chi connectivity index (χ0) is 14.7. The number of hydrogen-bond acceptors (Lipinski definition) is 3. The number of halogens is 1. The average molecular weight is 290 g/mol. The van der Waals surface area contributed by atoms with Crippen LogP contribution in [-0.2, 0) is 0 Å². The molecular formula is C15H16ClN3O. The van der Waals surface area contributed by atoms with Crippen molar-refractivity contribution in [2.24, 2.45) is 0 Å². The first-order valence-electron chi connectivity index (χ1n) is 6.33. The highest BCUT2D eigenvalue weighted by Gasteiger charge is 2.17. The normalized spacial score (nSPS) is 10.3. The van der Waals surface area contributed by atoms with Gasteiger partial charge in [0.05, 0.1) is 0 Å². The van der Waals surface area contributed by atoms with Crippen LogP contribution in [0.3, 0.4) is 0 Å². The quantitative estimate of drug-likeness (QED) is 0.882. The van der Waals surface area contributed by atoms with Gasteiger partial charge in [-0.3, -0.25) is 4.79 Å². The maximum atomic E-state index is 12.5. The van der Waals surface area contributed by atoms with Gasteiger partial charge in [-0.1, -0.05) is 29.3 Å². The fourth-order valence-electron chi connectivity index (χ4n) is 1.96. The number of hydrogen-bond donors (Lipinski definition) is 1. The Balaban J connectivity index is 2.36. The van der Waals surface area contributed by atoms with Crippen molar-refractivity contribution in [2.45, 2.75) is 13.8 Å². The number of nitrogens with zero attached hydrogens (tertiary/aromatic N) is 2. The summed E-state index contributed by atoms with van der Waals surface area (Å²) in [4.78, 5) is 18.1. The fraction of sp³-hybridized carbons (Fsp3) is 0.200. The summed E-state index contributed by atoms with van der Waals surface area (Å²) in [6.45, 7) is 4.48. The van der Waals surface area contributed by atoms with Crippen LogP contribution in [0, 0.1) is 6.92 Å². The molecule has 20 heavy (non-hydrogen) atoms. The number of nitrogens with two attached hydrogens (primary N) is 1. The SMILES string of the molecule is CCN(C(=O)c1cc(N)nc(Cl)c1)c1ccc(C)cc1. The first-order chi connectivity index (χ1) is 9.51. The van der Waals surface area contributed by atoms with E-state index in [1.54, 1.807) is 4.90 Å². The van der Waals surface area contributed by atoms with Crippen molar-refractivity contribution >= 4 is 29.0 Å². The lowest BCUT2D eigenvalue weighted by molar-refractivity contribution is 0.0988. The lowest BCUT2D eigenvalue weighted by Gasteiger charge is -2.21. The van der Waals surface area contributed by atoms with Crippen LogP contribution in [0.4, 0.5) is 11.5 Å². The molecule has 1 aromatic heterocycles. The highest BCUT2D eigenvalue weighted by atomic mass is 35.5. The van der Waals surface area contributed by atoms with Crippen LogP contribution in [0.2, 0.25) is 5.15 Å². The third-order valence-electron chi connectivity index (χ3n) is 2.97. The summed E-state index contributed by atoms with van der Waals surface area (Å²) < 4.78 is 0. The second-order valence-corrected chi connectivity index (χ2v) is 4.88. The third kappa shape index (κ3) is 3.08. The number of carbonyl (C=O) groups excluding carboxylic acids is 1. The molecule has 0 aliphatic carbocycles. The van der Waals surface area contributed by atoms with E-state index < -0.39 is 0 Å². The van der Waals surface area contributed by atoms with Crippen molar-refractivity contribution in [1.29, 1.82) is 0 Å². The largest absolute Gasteiger partial charge is 0.384 e. The van der Waals surface area contributed by atoms with Gasteiger partial charge < -0.3 is 10.6 Å². The Morgan fingerprint density at radius 1 is 1.30 bits per heavy atom. The molecule has 1 heterocycles. The molecule has 0 aliphatic rings. The van der Waals surface area contributed by atoms with E-state index >= 15 is 0 Å². The minimum atomic E-state index is -0.146. The molecule has 2 rings (SSSR count). The number of anilines is 2. The Morgan fingerprint density at radius 3 is 2.50 bits per heavy atom. The van der Waals surface area contributed by atoms with Gasteiger partial charge >= 0.3 is 0 Å². The maximum Gasteiger partial charge on any atom is 0.258 e. The van der Waals surface area contributed by atoms with Crippen molar-refractivity contribution in [1.82, 2.24) is 4.98 Å². The second kappa shape index (κ2) is 5.92. The molecule has 2 aromatic rings. The van der Waals surface area contributed by atoms with Crippen LogP contribution in [0.1, 0.15) is 22.8 Å². The van der Waals surface area contributed by atoms with Crippen molar-refractivity contribution in [3.63, 3.8) is 0 Å². The van der Waals surface area contributed by atoms with Gasteiger partial charge in [-0.2, -0.15) is 0 Å². The number of rotatable bonds is 3. The zero-order valence-corrected chi connectivity index (χ0v) is 12.2. The standard InChI is InChI=1S/C15H16ClN3O/c1-3-19(12-6-4-10(2)5-7-12)15(20)11-8-13(16)18-14(17)9-11/h4-9H,3H2,1-2H3,(H2,17,18). The first kappa shape index (κ1) is 14.3. The van der Waals surface area contributed by atoms with Crippen LogP contribution in [0.25, 0.3) is 0 Å².